The zero-order valence-electron chi connectivity index (χ0n) is 10.8. The van der Waals surface area contributed by atoms with Gasteiger partial charge in [-0.2, -0.15) is 0 Å². The number of para-hydroxylation sites is 1. The summed E-state index contributed by atoms with van der Waals surface area (Å²) >= 11 is 0. The van der Waals surface area contributed by atoms with Gasteiger partial charge in [-0.3, -0.25) is 4.98 Å². The molecule has 1 N–H and O–H groups in total. The molecule has 0 aliphatic carbocycles. The third-order valence-electron chi connectivity index (χ3n) is 2.65. The Morgan fingerprint density at radius 3 is 2.72 bits per heavy atom. The third-order valence-corrected chi connectivity index (χ3v) is 2.65. The average molecular weight is 242 g/mol. The van der Waals surface area contributed by atoms with Gasteiger partial charge in [0.1, 0.15) is 11.5 Å². The van der Waals surface area contributed by atoms with Crippen molar-refractivity contribution in [2.75, 3.05) is 6.54 Å². The normalized spacial score (nSPS) is 10.3. The molecule has 0 unspecified atom stereocenters. The molecule has 0 saturated carbocycles. The van der Waals surface area contributed by atoms with Crippen LogP contribution >= 0.6 is 0 Å². The number of aromatic nitrogens is 1. The van der Waals surface area contributed by atoms with Crippen LogP contribution in [-0.2, 0) is 6.54 Å². The summed E-state index contributed by atoms with van der Waals surface area (Å²) < 4.78 is 5.86. The first-order chi connectivity index (χ1) is 8.79. The highest BCUT2D eigenvalue weighted by Crippen LogP contribution is 2.24. The Morgan fingerprint density at radius 2 is 2.00 bits per heavy atom. The molecule has 0 fully saturated rings. The number of nitrogens with zero attached hydrogens (tertiary/aromatic N) is 1. The molecule has 2 aromatic rings. The van der Waals surface area contributed by atoms with E-state index in [9.17, 15) is 0 Å². The van der Waals surface area contributed by atoms with Crippen LogP contribution in [0.15, 0.2) is 42.6 Å². The van der Waals surface area contributed by atoms with E-state index in [1.54, 1.807) is 6.20 Å². The van der Waals surface area contributed by atoms with Crippen LogP contribution in [-0.4, -0.2) is 11.5 Å². The molecule has 2 rings (SSSR count). The quantitative estimate of drug-likeness (QED) is 0.873. The highest BCUT2D eigenvalue weighted by Gasteiger charge is 2.03. The molecule has 94 valence electrons. The maximum Gasteiger partial charge on any atom is 0.145 e. The molecule has 0 atom stereocenters. The Labute approximate surface area is 108 Å². The lowest BCUT2D eigenvalue weighted by atomic mass is 10.2. The predicted molar refractivity (Wildman–Crippen MR) is 72.9 cm³/mol. The van der Waals surface area contributed by atoms with E-state index in [1.807, 2.05) is 37.3 Å². The minimum absolute atomic E-state index is 0.768. The first-order valence-corrected chi connectivity index (χ1v) is 6.18. The summed E-state index contributed by atoms with van der Waals surface area (Å²) in [7, 11) is 0. The monoisotopic (exact) mass is 242 g/mol. The van der Waals surface area contributed by atoms with Gasteiger partial charge in [0.25, 0.3) is 0 Å². The summed E-state index contributed by atoms with van der Waals surface area (Å²) in [5, 5.41) is 3.30. The molecule has 0 amide bonds. The SMILES string of the molecule is CCNCc1ccccc1Oc1ccc(C)nc1. The second kappa shape index (κ2) is 6.17. The van der Waals surface area contributed by atoms with E-state index >= 15 is 0 Å². The van der Waals surface area contributed by atoms with Gasteiger partial charge in [0.15, 0.2) is 0 Å². The van der Waals surface area contributed by atoms with Crippen molar-refractivity contribution in [2.45, 2.75) is 20.4 Å². The number of benzene rings is 1. The Balaban J connectivity index is 2.15. The van der Waals surface area contributed by atoms with E-state index in [-0.39, 0.29) is 0 Å². The number of aryl methyl sites for hydroxylation is 1. The van der Waals surface area contributed by atoms with Gasteiger partial charge in [-0.15, -0.1) is 0 Å². The number of pyridine rings is 1. The summed E-state index contributed by atoms with van der Waals surface area (Å²) in [6.07, 6.45) is 1.75. The van der Waals surface area contributed by atoms with E-state index in [0.717, 1.165) is 35.8 Å². The van der Waals surface area contributed by atoms with Gasteiger partial charge in [0, 0.05) is 17.8 Å². The fourth-order valence-electron chi connectivity index (χ4n) is 1.65. The number of hydrogen-bond donors (Lipinski definition) is 1. The lowest BCUT2D eigenvalue weighted by molar-refractivity contribution is 0.471. The van der Waals surface area contributed by atoms with Crippen molar-refractivity contribution in [1.82, 2.24) is 10.3 Å². The lowest BCUT2D eigenvalue weighted by Crippen LogP contribution is -2.12. The van der Waals surface area contributed by atoms with Crippen molar-refractivity contribution >= 4 is 0 Å². The van der Waals surface area contributed by atoms with Gasteiger partial charge in [-0.1, -0.05) is 25.1 Å². The zero-order chi connectivity index (χ0) is 12.8. The first kappa shape index (κ1) is 12.6. The molecule has 0 aliphatic heterocycles. The lowest BCUT2D eigenvalue weighted by Gasteiger charge is -2.11. The van der Waals surface area contributed by atoms with Crippen LogP contribution in [0, 0.1) is 6.92 Å². The topological polar surface area (TPSA) is 34.1 Å². The minimum atomic E-state index is 0.768. The van der Waals surface area contributed by atoms with Crippen LogP contribution in [0.2, 0.25) is 0 Å². The van der Waals surface area contributed by atoms with Crippen molar-refractivity contribution < 1.29 is 4.74 Å². The van der Waals surface area contributed by atoms with Crippen molar-refractivity contribution in [3.63, 3.8) is 0 Å². The molecule has 0 aliphatic rings. The van der Waals surface area contributed by atoms with Crippen LogP contribution in [0.4, 0.5) is 0 Å². The van der Waals surface area contributed by atoms with Gasteiger partial charge in [-0.05, 0) is 31.7 Å². The third kappa shape index (κ3) is 3.31. The van der Waals surface area contributed by atoms with E-state index < -0.39 is 0 Å². The highest BCUT2D eigenvalue weighted by molar-refractivity contribution is 5.37. The first-order valence-electron chi connectivity index (χ1n) is 6.18. The Morgan fingerprint density at radius 1 is 1.17 bits per heavy atom. The zero-order valence-corrected chi connectivity index (χ0v) is 10.8. The summed E-state index contributed by atoms with van der Waals surface area (Å²) in [4.78, 5) is 4.23. The molecule has 3 heteroatoms. The molecule has 3 nitrogen and oxygen atoms in total. The smallest absolute Gasteiger partial charge is 0.145 e. The number of rotatable bonds is 5. The summed E-state index contributed by atoms with van der Waals surface area (Å²) in [5.41, 5.74) is 2.14. The predicted octanol–water partition coefficient (Wildman–Crippen LogP) is 3.29. The average Bonchev–Trinajstić information content (AvgIpc) is 2.40. The molecule has 18 heavy (non-hydrogen) atoms. The van der Waals surface area contributed by atoms with E-state index in [0.29, 0.717) is 0 Å². The van der Waals surface area contributed by atoms with Crippen molar-refractivity contribution in [3.05, 3.63) is 53.9 Å². The molecule has 0 radical (unpaired) electrons. The Hall–Kier alpha value is -1.87. The number of ether oxygens (including phenoxy) is 1. The highest BCUT2D eigenvalue weighted by atomic mass is 16.5. The van der Waals surface area contributed by atoms with Crippen LogP contribution in [0.5, 0.6) is 11.5 Å². The second-order valence-corrected chi connectivity index (χ2v) is 4.13. The van der Waals surface area contributed by atoms with E-state index in [4.69, 9.17) is 4.74 Å². The molecule has 1 aromatic heterocycles. The van der Waals surface area contributed by atoms with Gasteiger partial charge in [0.05, 0.1) is 6.20 Å². The van der Waals surface area contributed by atoms with Crippen LogP contribution in [0.1, 0.15) is 18.2 Å². The van der Waals surface area contributed by atoms with Crippen molar-refractivity contribution in [3.8, 4) is 11.5 Å². The van der Waals surface area contributed by atoms with E-state index in [2.05, 4.69) is 23.3 Å². The summed E-state index contributed by atoms with van der Waals surface area (Å²) in [6.45, 7) is 5.81. The number of hydrogen-bond acceptors (Lipinski definition) is 3. The fourth-order valence-corrected chi connectivity index (χ4v) is 1.65. The summed E-state index contributed by atoms with van der Waals surface area (Å²) in [6, 6.07) is 11.9. The van der Waals surface area contributed by atoms with Crippen LogP contribution < -0.4 is 10.1 Å². The van der Waals surface area contributed by atoms with Crippen LogP contribution in [0.3, 0.4) is 0 Å². The van der Waals surface area contributed by atoms with Gasteiger partial charge >= 0.3 is 0 Å². The molecular formula is C15H18N2O. The standard InChI is InChI=1S/C15H18N2O/c1-3-16-10-13-6-4-5-7-15(13)18-14-9-8-12(2)17-11-14/h4-9,11,16H,3,10H2,1-2H3. The molecule has 1 heterocycles. The fraction of sp³-hybridized carbons (Fsp3) is 0.267. The van der Waals surface area contributed by atoms with Gasteiger partial charge in [-0.25, -0.2) is 0 Å². The Kier molecular flexibility index (Phi) is 4.31. The minimum Gasteiger partial charge on any atom is -0.455 e. The maximum absolute atomic E-state index is 5.86. The Bertz CT molecular complexity index is 494. The molecule has 1 aromatic carbocycles. The van der Waals surface area contributed by atoms with Crippen LogP contribution in [0.25, 0.3) is 0 Å². The van der Waals surface area contributed by atoms with Gasteiger partial charge < -0.3 is 10.1 Å². The number of nitrogens with one attached hydrogen (secondary N) is 1. The summed E-state index contributed by atoms with van der Waals surface area (Å²) in [5.74, 6) is 1.65. The van der Waals surface area contributed by atoms with E-state index in [1.165, 1.54) is 0 Å². The van der Waals surface area contributed by atoms with Gasteiger partial charge in [0.2, 0.25) is 0 Å². The maximum atomic E-state index is 5.86. The molecule has 0 spiro atoms. The molecule has 0 bridgehead atoms. The second-order valence-electron chi connectivity index (χ2n) is 4.13. The molecular weight excluding hydrogens is 224 g/mol. The van der Waals surface area contributed by atoms with Crippen molar-refractivity contribution in [1.29, 1.82) is 0 Å². The molecule has 0 saturated heterocycles. The van der Waals surface area contributed by atoms with Crippen molar-refractivity contribution in [2.24, 2.45) is 0 Å². The largest absolute Gasteiger partial charge is 0.455 e.